The molecule has 3 aliphatic heterocycles. The van der Waals surface area contributed by atoms with Crippen molar-refractivity contribution in [2.24, 2.45) is 0 Å². The van der Waals surface area contributed by atoms with E-state index in [-0.39, 0.29) is 5.91 Å². The van der Waals surface area contributed by atoms with Crippen molar-refractivity contribution in [2.45, 2.75) is 70.0 Å². The maximum absolute atomic E-state index is 12.9. The van der Waals surface area contributed by atoms with Gasteiger partial charge in [-0.3, -0.25) is 4.79 Å². The van der Waals surface area contributed by atoms with Crippen molar-refractivity contribution >= 4 is 23.2 Å². The van der Waals surface area contributed by atoms with Gasteiger partial charge in [0.05, 0.1) is 0 Å². The molecule has 1 amide bonds. The summed E-state index contributed by atoms with van der Waals surface area (Å²) < 4.78 is 29.6. The van der Waals surface area contributed by atoms with Crippen molar-refractivity contribution < 1.29 is 28.5 Å². The summed E-state index contributed by atoms with van der Waals surface area (Å²) in [4.78, 5) is 12.9. The molecule has 142 valence electrons. The van der Waals surface area contributed by atoms with Crippen LogP contribution in [0, 0.1) is 0 Å². The Balaban J connectivity index is 1.57. The predicted molar refractivity (Wildman–Crippen MR) is 92.6 cm³/mol. The van der Waals surface area contributed by atoms with Crippen molar-refractivity contribution in [3.63, 3.8) is 0 Å². The summed E-state index contributed by atoms with van der Waals surface area (Å²) in [6, 6.07) is 6.84. The second-order valence-corrected chi connectivity index (χ2v) is 8.02. The molecule has 0 radical (unpaired) electrons. The smallest absolute Gasteiger partial charge is 0.256 e. The Morgan fingerprint density at radius 2 is 1.50 bits per heavy atom. The van der Waals surface area contributed by atoms with Crippen LogP contribution < -0.4 is 5.32 Å². The average Bonchev–Trinajstić information content (AvgIpc) is 3.02. The molecule has 1 N–H and O–H groups in total. The SMILES string of the molecule is CC1(C)O[C@H]2[C@@H](O1)[C@@H](C(=O)Nc1ccc(Cl)cc1)O[C@@H]1OC(C)(C)O[C@@H]12. The van der Waals surface area contributed by atoms with Crippen LogP contribution >= 0.6 is 11.6 Å². The van der Waals surface area contributed by atoms with Crippen LogP contribution in [0.25, 0.3) is 0 Å². The Morgan fingerprint density at radius 3 is 2.19 bits per heavy atom. The van der Waals surface area contributed by atoms with E-state index >= 15 is 0 Å². The minimum atomic E-state index is -0.892. The summed E-state index contributed by atoms with van der Waals surface area (Å²) in [6.45, 7) is 7.20. The Morgan fingerprint density at radius 1 is 0.923 bits per heavy atom. The molecule has 0 bridgehead atoms. The molecule has 3 saturated heterocycles. The van der Waals surface area contributed by atoms with Crippen molar-refractivity contribution in [2.75, 3.05) is 5.32 Å². The molecule has 4 rings (SSSR count). The fourth-order valence-corrected chi connectivity index (χ4v) is 3.70. The van der Waals surface area contributed by atoms with Crippen LogP contribution in [0.4, 0.5) is 5.69 Å². The zero-order chi connectivity index (χ0) is 18.7. The number of carbonyl (C=O) groups is 1. The highest BCUT2D eigenvalue weighted by atomic mass is 35.5. The Kier molecular flexibility index (Phi) is 4.30. The minimum Gasteiger partial charge on any atom is -0.342 e. The predicted octanol–water partition coefficient (Wildman–Crippen LogP) is 2.68. The fourth-order valence-electron chi connectivity index (χ4n) is 3.57. The van der Waals surface area contributed by atoms with Gasteiger partial charge in [0, 0.05) is 10.7 Å². The average molecular weight is 384 g/mol. The summed E-state index contributed by atoms with van der Waals surface area (Å²) in [5, 5.41) is 3.42. The van der Waals surface area contributed by atoms with Gasteiger partial charge in [-0.05, 0) is 52.0 Å². The zero-order valence-corrected chi connectivity index (χ0v) is 15.8. The van der Waals surface area contributed by atoms with Gasteiger partial charge in [-0.25, -0.2) is 0 Å². The third kappa shape index (κ3) is 3.35. The maximum Gasteiger partial charge on any atom is 0.256 e. The molecule has 3 aliphatic rings. The lowest BCUT2D eigenvalue weighted by Crippen LogP contribution is -2.58. The van der Waals surface area contributed by atoms with Gasteiger partial charge in [0.2, 0.25) is 0 Å². The van der Waals surface area contributed by atoms with Crippen LogP contribution in [0.5, 0.6) is 0 Å². The first-order chi connectivity index (χ1) is 12.1. The summed E-state index contributed by atoms with van der Waals surface area (Å²) in [7, 11) is 0. The lowest BCUT2D eigenvalue weighted by molar-refractivity contribution is -0.229. The van der Waals surface area contributed by atoms with Gasteiger partial charge in [0.15, 0.2) is 24.0 Å². The van der Waals surface area contributed by atoms with Gasteiger partial charge in [-0.1, -0.05) is 11.6 Å². The number of hydrogen-bond acceptors (Lipinski definition) is 6. The van der Waals surface area contributed by atoms with Gasteiger partial charge >= 0.3 is 0 Å². The van der Waals surface area contributed by atoms with Crippen molar-refractivity contribution in [1.29, 1.82) is 0 Å². The van der Waals surface area contributed by atoms with Gasteiger partial charge in [-0.2, -0.15) is 0 Å². The second kappa shape index (κ2) is 6.15. The molecule has 1 aromatic rings. The van der Waals surface area contributed by atoms with Crippen LogP contribution in [0.15, 0.2) is 24.3 Å². The van der Waals surface area contributed by atoms with E-state index in [4.69, 9.17) is 35.3 Å². The van der Waals surface area contributed by atoms with Crippen LogP contribution in [0.1, 0.15) is 27.7 Å². The molecule has 7 nitrogen and oxygen atoms in total. The minimum absolute atomic E-state index is 0.338. The van der Waals surface area contributed by atoms with Gasteiger partial charge in [0.1, 0.15) is 18.3 Å². The van der Waals surface area contributed by atoms with Crippen molar-refractivity contribution in [3.05, 3.63) is 29.3 Å². The lowest BCUT2D eigenvalue weighted by Gasteiger charge is -2.36. The molecular weight excluding hydrogens is 362 g/mol. The third-order valence-electron chi connectivity index (χ3n) is 4.52. The largest absolute Gasteiger partial charge is 0.342 e. The van der Waals surface area contributed by atoms with E-state index in [2.05, 4.69) is 5.32 Å². The fraction of sp³-hybridized carbons (Fsp3) is 0.611. The van der Waals surface area contributed by atoms with Crippen LogP contribution in [0.3, 0.4) is 0 Å². The number of anilines is 1. The van der Waals surface area contributed by atoms with E-state index in [1.165, 1.54) is 0 Å². The van der Waals surface area contributed by atoms with E-state index in [0.717, 1.165) is 0 Å². The number of nitrogens with one attached hydrogen (secondary N) is 1. The third-order valence-corrected chi connectivity index (χ3v) is 4.78. The first kappa shape index (κ1) is 18.2. The van der Waals surface area contributed by atoms with E-state index in [0.29, 0.717) is 10.7 Å². The van der Waals surface area contributed by atoms with E-state index < -0.39 is 42.3 Å². The number of carbonyl (C=O) groups excluding carboxylic acids is 1. The van der Waals surface area contributed by atoms with Gasteiger partial charge in [0.25, 0.3) is 5.91 Å². The number of hydrogen-bond donors (Lipinski definition) is 1. The molecule has 1 aromatic carbocycles. The van der Waals surface area contributed by atoms with Crippen LogP contribution in [-0.4, -0.2) is 48.2 Å². The molecule has 8 heteroatoms. The number of benzene rings is 1. The number of fused-ring (bicyclic) bond motifs is 3. The quantitative estimate of drug-likeness (QED) is 0.846. The molecule has 26 heavy (non-hydrogen) atoms. The monoisotopic (exact) mass is 383 g/mol. The summed E-state index contributed by atoms with van der Waals surface area (Å²) in [5.74, 6) is -2.00. The highest BCUT2D eigenvalue weighted by molar-refractivity contribution is 6.30. The van der Waals surface area contributed by atoms with E-state index in [1.807, 2.05) is 0 Å². The van der Waals surface area contributed by atoms with Crippen molar-refractivity contribution in [3.8, 4) is 0 Å². The molecule has 0 aliphatic carbocycles. The summed E-state index contributed by atoms with van der Waals surface area (Å²) >= 11 is 5.88. The second-order valence-electron chi connectivity index (χ2n) is 7.59. The normalized spacial score (nSPS) is 37.0. The Bertz CT molecular complexity index is 706. The molecule has 3 fully saturated rings. The number of ether oxygens (including phenoxy) is 5. The first-order valence-electron chi connectivity index (χ1n) is 8.57. The summed E-state index contributed by atoms with van der Waals surface area (Å²) in [6.07, 6.45) is -3.13. The summed E-state index contributed by atoms with van der Waals surface area (Å²) in [5.41, 5.74) is 0.615. The molecule has 5 atom stereocenters. The molecule has 0 spiro atoms. The van der Waals surface area contributed by atoms with Gasteiger partial charge < -0.3 is 29.0 Å². The molecule has 3 heterocycles. The zero-order valence-electron chi connectivity index (χ0n) is 15.0. The van der Waals surface area contributed by atoms with Crippen molar-refractivity contribution in [1.82, 2.24) is 0 Å². The first-order valence-corrected chi connectivity index (χ1v) is 8.95. The number of amides is 1. The van der Waals surface area contributed by atoms with Crippen LogP contribution in [-0.2, 0) is 28.5 Å². The molecule has 0 aromatic heterocycles. The topological polar surface area (TPSA) is 75.3 Å². The molecule has 0 saturated carbocycles. The highest BCUT2D eigenvalue weighted by Crippen LogP contribution is 2.44. The van der Waals surface area contributed by atoms with E-state index in [9.17, 15) is 4.79 Å². The lowest BCUT2D eigenvalue weighted by atomic mass is 9.98. The van der Waals surface area contributed by atoms with Crippen LogP contribution in [0.2, 0.25) is 5.02 Å². The maximum atomic E-state index is 12.9. The molecular formula is C18H22ClNO6. The van der Waals surface area contributed by atoms with Gasteiger partial charge in [-0.15, -0.1) is 0 Å². The Hall–Kier alpha value is -1.22. The highest BCUT2D eigenvalue weighted by Gasteiger charge is 2.62. The molecule has 0 unspecified atom stereocenters. The van der Waals surface area contributed by atoms with E-state index in [1.54, 1.807) is 52.0 Å². The Labute approximate surface area is 156 Å². The standard InChI is InChI=1S/C18H22ClNO6/c1-17(2)23-11-12(24-17)14-16(26-18(3,4)25-14)22-13(11)15(21)20-10-7-5-9(19)6-8-10/h5-8,11-14,16H,1-4H3,(H,20,21)/t11-,12+,13+,14-,16-/m1/s1. The number of rotatable bonds is 2. The number of halogens is 1.